The van der Waals surface area contributed by atoms with E-state index in [9.17, 15) is 9.59 Å². The highest BCUT2D eigenvalue weighted by atomic mass is 16.2. The van der Waals surface area contributed by atoms with Crippen LogP contribution in [0.2, 0.25) is 0 Å². The molecule has 6 nitrogen and oxygen atoms in total. The molecule has 0 saturated carbocycles. The molecular formula is C18H20N4O2. The van der Waals surface area contributed by atoms with Crippen molar-refractivity contribution in [3.8, 4) is 0 Å². The molecule has 1 aromatic heterocycles. The average Bonchev–Trinajstić information content (AvgIpc) is 3.05. The van der Waals surface area contributed by atoms with Gasteiger partial charge in [0.1, 0.15) is 5.69 Å². The van der Waals surface area contributed by atoms with Gasteiger partial charge in [0.2, 0.25) is 0 Å². The number of anilines is 1. The molecule has 1 aromatic carbocycles. The lowest BCUT2D eigenvalue weighted by atomic mass is 10.0. The summed E-state index contributed by atoms with van der Waals surface area (Å²) in [6, 6.07) is 11.3. The highest BCUT2D eigenvalue weighted by molar-refractivity contribution is 5.92. The van der Waals surface area contributed by atoms with Gasteiger partial charge in [-0.3, -0.25) is 4.79 Å². The van der Waals surface area contributed by atoms with Crippen LogP contribution in [0.15, 0.2) is 42.6 Å². The van der Waals surface area contributed by atoms with Crippen LogP contribution in [0.3, 0.4) is 0 Å². The molecule has 1 atom stereocenters. The third-order valence-corrected chi connectivity index (χ3v) is 4.21. The average molecular weight is 324 g/mol. The lowest BCUT2D eigenvalue weighted by Crippen LogP contribution is -2.34. The van der Waals surface area contributed by atoms with Crippen LogP contribution in [0.4, 0.5) is 10.5 Å². The maximum Gasteiger partial charge on any atom is 0.322 e. The van der Waals surface area contributed by atoms with Gasteiger partial charge >= 0.3 is 6.03 Å². The lowest BCUT2D eigenvalue weighted by molar-refractivity contribution is 0.0995. The zero-order valence-electron chi connectivity index (χ0n) is 13.5. The summed E-state index contributed by atoms with van der Waals surface area (Å²) in [4.78, 5) is 29.4. The second-order valence-electron chi connectivity index (χ2n) is 5.99. The van der Waals surface area contributed by atoms with Crippen molar-refractivity contribution in [2.45, 2.75) is 25.8 Å². The molecule has 1 fully saturated rings. The molecule has 3 amide bonds. The van der Waals surface area contributed by atoms with Crippen LogP contribution in [0.25, 0.3) is 0 Å². The molecule has 1 unspecified atom stereocenters. The Hall–Kier alpha value is -2.89. The van der Waals surface area contributed by atoms with Crippen molar-refractivity contribution < 1.29 is 9.59 Å². The third kappa shape index (κ3) is 3.37. The summed E-state index contributed by atoms with van der Waals surface area (Å²) in [6.45, 7) is 2.77. The van der Waals surface area contributed by atoms with E-state index in [1.165, 1.54) is 17.8 Å². The Labute approximate surface area is 140 Å². The van der Waals surface area contributed by atoms with Crippen molar-refractivity contribution in [3.05, 3.63) is 59.4 Å². The normalized spacial score (nSPS) is 16.9. The smallest absolute Gasteiger partial charge is 0.322 e. The summed E-state index contributed by atoms with van der Waals surface area (Å²) in [6.07, 6.45) is 3.37. The van der Waals surface area contributed by atoms with Gasteiger partial charge in [0.05, 0.1) is 17.9 Å². The lowest BCUT2D eigenvalue weighted by Gasteiger charge is -2.25. The Kier molecular flexibility index (Phi) is 4.46. The molecule has 1 aliphatic heterocycles. The number of carbonyl (C=O) groups excluding carboxylic acids is 2. The van der Waals surface area contributed by atoms with Gasteiger partial charge < -0.3 is 16.0 Å². The summed E-state index contributed by atoms with van der Waals surface area (Å²) in [5.74, 6) is -0.591. The van der Waals surface area contributed by atoms with Crippen molar-refractivity contribution in [2.75, 3.05) is 11.9 Å². The largest absolute Gasteiger partial charge is 0.364 e. The van der Waals surface area contributed by atoms with E-state index in [4.69, 9.17) is 5.73 Å². The van der Waals surface area contributed by atoms with Gasteiger partial charge in [0.25, 0.3) is 5.91 Å². The molecule has 0 radical (unpaired) electrons. The van der Waals surface area contributed by atoms with Crippen LogP contribution < -0.4 is 11.1 Å². The first-order chi connectivity index (χ1) is 11.5. The zero-order chi connectivity index (χ0) is 17.1. The van der Waals surface area contributed by atoms with Gasteiger partial charge in [-0.25, -0.2) is 9.78 Å². The van der Waals surface area contributed by atoms with Crippen LogP contribution in [0, 0.1) is 6.92 Å². The van der Waals surface area contributed by atoms with E-state index in [-0.39, 0.29) is 17.8 Å². The number of pyridine rings is 1. The number of benzene rings is 1. The quantitative estimate of drug-likeness (QED) is 0.910. The van der Waals surface area contributed by atoms with Gasteiger partial charge in [-0.2, -0.15) is 0 Å². The summed E-state index contributed by atoms with van der Waals surface area (Å²) < 4.78 is 0. The van der Waals surface area contributed by atoms with E-state index < -0.39 is 5.91 Å². The minimum atomic E-state index is -0.591. The van der Waals surface area contributed by atoms with Gasteiger partial charge in [0, 0.05) is 6.54 Å². The molecule has 6 heteroatoms. The van der Waals surface area contributed by atoms with Crippen LogP contribution >= 0.6 is 0 Å². The van der Waals surface area contributed by atoms with Crippen molar-refractivity contribution >= 4 is 17.6 Å². The molecular weight excluding hydrogens is 304 g/mol. The molecule has 2 aromatic rings. The molecule has 1 saturated heterocycles. The van der Waals surface area contributed by atoms with Crippen molar-refractivity contribution in [3.63, 3.8) is 0 Å². The number of carbonyl (C=O) groups is 2. The van der Waals surface area contributed by atoms with E-state index >= 15 is 0 Å². The zero-order valence-corrected chi connectivity index (χ0v) is 13.5. The van der Waals surface area contributed by atoms with Crippen molar-refractivity contribution in [1.82, 2.24) is 9.88 Å². The molecule has 124 valence electrons. The fourth-order valence-electron chi connectivity index (χ4n) is 3.04. The van der Waals surface area contributed by atoms with Crippen LogP contribution in [0.5, 0.6) is 0 Å². The summed E-state index contributed by atoms with van der Waals surface area (Å²) in [5, 5.41) is 2.84. The number of hydrogen-bond donors (Lipinski definition) is 2. The molecule has 0 spiro atoms. The summed E-state index contributed by atoms with van der Waals surface area (Å²) in [7, 11) is 0. The van der Waals surface area contributed by atoms with E-state index in [1.807, 2.05) is 11.0 Å². The first kappa shape index (κ1) is 16.0. The van der Waals surface area contributed by atoms with E-state index in [1.54, 1.807) is 6.07 Å². The highest BCUT2D eigenvalue weighted by Gasteiger charge is 2.30. The maximum absolute atomic E-state index is 12.6. The van der Waals surface area contributed by atoms with Crippen molar-refractivity contribution in [2.24, 2.45) is 5.73 Å². The number of primary amides is 1. The predicted molar refractivity (Wildman–Crippen MR) is 91.6 cm³/mol. The van der Waals surface area contributed by atoms with Crippen LogP contribution in [0.1, 0.15) is 40.5 Å². The molecule has 3 rings (SSSR count). The monoisotopic (exact) mass is 324 g/mol. The Bertz CT molecular complexity index is 758. The molecule has 3 N–H and O–H groups in total. The fraction of sp³-hybridized carbons (Fsp3) is 0.278. The standard InChI is InChI=1S/C18H20N4O2/c1-12-4-2-5-13(10-12)16-6-3-9-22(16)18(24)21-14-7-8-15(17(19)23)20-11-14/h2,4-5,7-8,10-11,16H,3,6,9H2,1H3,(H2,19,23)(H,21,24). The number of likely N-dealkylation sites (tertiary alicyclic amines) is 1. The molecule has 2 heterocycles. The number of amides is 3. The number of nitrogens with one attached hydrogen (secondary N) is 1. The Morgan fingerprint density at radius 2 is 2.12 bits per heavy atom. The highest BCUT2D eigenvalue weighted by Crippen LogP contribution is 2.32. The van der Waals surface area contributed by atoms with Crippen LogP contribution in [-0.4, -0.2) is 28.4 Å². The fourth-order valence-corrected chi connectivity index (χ4v) is 3.04. The Balaban J connectivity index is 1.72. The summed E-state index contributed by atoms with van der Waals surface area (Å²) in [5.41, 5.74) is 8.22. The molecule has 24 heavy (non-hydrogen) atoms. The number of aryl methyl sites for hydroxylation is 1. The van der Waals surface area contributed by atoms with E-state index in [2.05, 4.69) is 35.4 Å². The van der Waals surface area contributed by atoms with E-state index in [0.717, 1.165) is 24.9 Å². The number of rotatable bonds is 3. The third-order valence-electron chi connectivity index (χ3n) is 4.21. The minimum Gasteiger partial charge on any atom is -0.364 e. The van der Waals surface area contributed by atoms with Crippen LogP contribution in [-0.2, 0) is 0 Å². The number of hydrogen-bond acceptors (Lipinski definition) is 3. The topological polar surface area (TPSA) is 88.3 Å². The molecule has 1 aliphatic rings. The number of aromatic nitrogens is 1. The Morgan fingerprint density at radius 3 is 2.79 bits per heavy atom. The number of nitrogens with zero attached hydrogens (tertiary/aromatic N) is 2. The molecule has 0 bridgehead atoms. The van der Waals surface area contributed by atoms with Gasteiger partial charge in [-0.1, -0.05) is 29.8 Å². The van der Waals surface area contributed by atoms with E-state index in [0.29, 0.717) is 5.69 Å². The number of urea groups is 1. The second kappa shape index (κ2) is 6.70. The first-order valence-electron chi connectivity index (χ1n) is 7.94. The maximum atomic E-state index is 12.6. The van der Waals surface area contributed by atoms with Gasteiger partial charge in [-0.15, -0.1) is 0 Å². The summed E-state index contributed by atoms with van der Waals surface area (Å²) >= 11 is 0. The van der Waals surface area contributed by atoms with Crippen molar-refractivity contribution in [1.29, 1.82) is 0 Å². The van der Waals surface area contributed by atoms with Gasteiger partial charge in [0.15, 0.2) is 0 Å². The first-order valence-corrected chi connectivity index (χ1v) is 7.94. The predicted octanol–water partition coefficient (Wildman–Crippen LogP) is 2.86. The number of nitrogens with two attached hydrogens (primary N) is 1. The second-order valence-corrected chi connectivity index (χ2v) is 5.99. The minimum absolute atomic E-state index is 0.0859. The SMILES string of the molecule is Cc1cccc(C2CCCN2C(=O)Nc2ccc(C(N)=O)nc2)c1. The van der Waals surface area contributed by atoms with Gasteiger partial charge in [-0.05, 0) is 37.5 Å². The Morgan fingerprint density at radius 1 is 1.29 bits per heavy atom. The molecule has 0 aliphatic carbocycles.